The predicted octanol–water partition coefficient (Wildman–Crippen LogP) is 3.11. The Hall–Kier alpha value is -0.930. The summed E-state index contributed by atoms with van der Waals surface area (Å²) in [5, 5.41) is 0. The highest BCUT2D eigenvalue weighted by Crippen LogP contribution is 2.39. The first-order valence-electron chi connectivity index (χ1n) is 7.16. The molecular weight excluding hydrogens is 222 g/mol. The molecule has 0 aromatic carbocycles. The van der Waals surface area contributed by atoms with Gasteiger partial charge < -0.3 is 0 Å². The topological polar surface area (TPSA) is 50.9 Å². The van der Waals surface area contributed by atoms with Crippen molar-refractivity contribution in [2.24, 2.45) is 17.7 Å². The third-order valence-corrected chi connectivity index (χ3v) is 4.33. The van der Waals surface area contributed by atoms with Crippen molar-refractivity contribution in [3.05, 3.63) is 29.6 Å². The van der Waals surface area contributed by atoms with Crippen molar-refractivity contribution < 1.29 is 0 Å². The maximum absolute atomic E-state index is 5.81. The average molecular weight is 247 g/mol. The van der Waals surface area contributed by atoms with E-state index in [-0.39, 0.29) is 6.04 Å². The molecule has 0 bridgehead atoms. The normalized spacial score (nSPS) is 25.9. The van der Waals surface area contributed by atoms with Crippen LogP contribution in [0.2, 0.25) is 0 Å². The molecule has 0 spiro atoms. The summed E-state index contributed by atoms with van der Waals surface area (Å²) >= 11 is 0. The molecule has 3 heteroatoms. The van der Waals surface area contributed by atoms with Gasteiger partial charge in [0, 0.05) is 5.69 Å². The number of nitrogens with two attached hydrogens (primary N) is 1. The Balaban J connectivity index is 2.21. The quantitative estimate of drug-likeness (QED) is 0.635. The highest BCUT2D eigenvalue weighted by atomic mass is 15.2. The summed E-state index contributed by atoms with van der Waals surface area (Å²) < 4.78 is 0. The summed E-state index contributed by atoms with van der Waals surface area (Å²) in [7, 11) is 0. The molecule has 1 aliphatic carbocycles. The maximum Gasteiger partial charge on any atom is 0.0663 e. The van der Waals surface area contributed by atoms with Crippen LogP contribution in [0, 0.1) is 18.8 Å². The minimum atomic E-state index is 0.204. The van der Waals surface area contributed by atoms with Gasteiger partial charge in [0.25, 0.3) is 0 Å². The van der Waals surface area contributed by atoms with Crippen LogP contribution >= 0.6 is 0 Å². The van der Waals surface area contributed by atoms with Crippen molar-refractivity contribution in [3.8, 4) is 0 Å². The van der Waals surface area contributed by atoms with Gasteiger partial charge in [-0.3, -0.25) is 16.3 Å². The zero-order valence-electron chi connectivity index (χ0n) is 11.5. The standard InChI is InChI=1S/C15H25N3/c1-3-12-8-4-5-9-13(12)15(18-16)14-10-6-7-11(2)17-14/h6-7,10,12-13,15,18H,3-5,8-9,16H2,1-2H3. The van der Waals surface area contributed by atoms with Crippen molar-refractivity contribution in [3.63, 3.8) is 0 Å². The Morgan fingerprint density at radius 3 is 2.83 bits per heavy atom. The molecule has 0 radical (unpaired) electrons. The van der Waals surface area contributed by atoms with E-state index in [1.165, 1.54) is 32.1 Å². The summed E-state index contributed by atoms with van der Waals surface area (Å²) in [5.41, 5.74) is 5.18. The largest absolute Gasteiger partial charge is 0.271 e. The van der Waals surface area contributed by atoms with Crippen LogP contribution in [0.5, 0.6) is 0 Å². The molecule has 1 fully saturated rings. The van der Waals surface area contributed by atoms with E-state index in [9.17, 15) is 0 Å². The fraction of sp³-hybridized carbons (Fsp3) is 0.667. The first-order valence-corrected chi connectivity index (χ1v) is 7.16. The molecule has 0 amide bonds. The number of rotatable bonds is 4. The van der Waals surface area contributed by atoms with E-state index in [2.05, 4.69) is 29.5 Å². The summed E-state index contributed by atoms with van der Waals surface area (Å²) in [4.78, 5) is 4.65. The molecule has 3 unspecified atom stereocenters. The Labute approximate surface area is 110 Å². The van der Waals surface area contributed by atoms with E-state index in [1.807, 2.05) is 13.0 Å². The molecule has 0 saturated heterocycles. The van der Waals surface area contributed by atoms with Crippen molar-refractivity contribution in [1.29, 1.82) is 0 Å². The van der Waals surface area contributed by atoms with Gasteiger partial charge in [0.15, 0.2) is 0 Å². The van der Waals surface area contributed by atoms with Gasteiger partial charge in [-0.25, -0.2) is 0 Å². The zero-order chi connectivity index (χ0) is 13.0. The molecule has 1 heterocycles. The van der Waals surface area contributed by atoms with Crippen molar-refractivity contribution in [1.82, 2.24) is 10.4 Å². The number of aryl methyl sites for hydroxylation is 1. The SMILES string of the molecule is CCC1CCCCC1C(NN)c1cccc(C)n1. The minimum absolute atomic E-state index is 0.204. The number of nitrogens with zero attached hydrogens (tertiary/aromatic N) is 1. The lowest BCUT2D eigenvalue weighted by atomic mass is 9.73. The molecule has 3 nitrogen and oxygen atoms in total. The third kappa shape index (κ3) is 2.90. The number of hydrogen-bond donors (Lipinski definition) is 2. The fourth-order valence-corrected chi connectivity index (χ4v) is 3.35. The second-order valence-electron chi connectivity index (χ2n) is 5.46. The van der Waals surface area contributed by atoms with Crippen LogP contribution < -0.4 is 11.3 Å². The highest BCUT2D eigenvalue weighted by Gasteiger charge is 2.31. The smallest absolute Gasteiger partial charge is 0.0663 e. The molecule has 1 saturated carbocycles. The molecule has 100 valence electrons. The lowest BCUT2D eigenvalue weighted by Gasteiger charge is -2.36. The van der Waals surface area contributed by atoms with Crippen molar-refractivity contribution >= 4 is 0 Å². The van der Waals surface area contributed by atoms with E-state index in [1.54, 1.807) is 0 Å². The average Bonchev–Trinajstić information content (AvgIpc) is 2.40. The van der Waals surface area contributed by atoms with E-state index < -0.39 is 0 Å². The van der Waals surface area contributed by atoms with E-state index >= 15 is 0 Å². The van der Waals surface area contributed by atoms with Gasteiger partial charge in [0.2, 0.25) is 0 Å². The fourth-order valence-electron chi connectivity index (χ4n) is 3.35. The van der Waals surface area contributed by atoms with Crippen molar-refractivity contribution in [2.75, 3.05) is 0 Å². The summed E-state index contributed by atoms with van der Waals surface area (Å²) in [6.07, 6.45) is 6.54. The van der Waals surface area contributed by atoms with Gasteiger partial charge in [0.05, 0.1) is 11.7 Å². The monoisotopic (exact) mass is 247 g/mol. The maximum atomic E-state index is 5.81. The molecule has 1 aromatic rings. The van der Waals surface area contributed by atoms with Crippen LogP contribution in [-0.4, -0.2) is 4.98 Å². The third-order valence-electron chi connectivity index (χ3n) is 4.33. The Kier molecular flexibility index (Phi) is 4.72. The van der Waals surface area contributed by atoms with Gasteiger partial charge in [-0.1, -0.05) is 38.7 Å². The molecule has 3 N–H and O–H groups in total. The van der Waals surface area contributed by atoms with Gasteiger partial charge in [-0.05, 0) is 37.3 Å². The number of hydrogen-bond acceptors (Lipinski definition) is 3. The number of nitrogens with one attached hydrogen (secondary N) is 1. The highest BCUT2D eigenvalue weighted by molar-refractivity contribution is 5.14. The first-order chi connectivity index (χ1) is 8.76. The molecule has 2 rings (SSSR count). The van der Waals surface area contributed by atoms with Crippen LogP contribution in [0.25, 0.3) is 0 Å². The van der Waals surface area contributed by atoms with Crippen LogP contribution in [0.4, 0.5) is 0 Å². The number of pyridine rings is 1. The summed E-state index contributed by atoms with van der Waals surface area (Å²) in [6.45, 7) is 4.33. The first kappa shape index (κ1) is 13.5. The lowest BCUT2D eigenvalue weighted by Crippen LogP contribution is -2.38. The van der Waals surface area contributed by atoms with Crippen molar-refractivity contribution in [2.45, 2.75) is 52.0 Å². The second-order valence-corrected chi connectivity index (χ2v) is 5.46. The second kappa shape index (κ2) is 6.30. The number of aromatic nitrogens is 1. The Morgan fingerprint density at radius 1 is 1.39 bits per heavy atom. The summed E-state index contributed by atoms with van der Waals surface area (Å²) in [5.74, 6) is 7.22. The Morgan fingerprint density at radius 2 is 2.17 bits per heavy atom. The molecular formula is C15H25N3. The van der Waals surface area contributed by atoms with Gasteiger partial charge in [0.1, 0.15) is 0 Å². The molecule has 3 atom stereocenters. The summed E-state index contributed by atoms with van der Waals surface area (Å²) in [6, 6.07) is 6.41. The van der Waals surface area contributed by atoms with Gasteiger partial charge in [-0.2, -0.15) is 0 Å². The number of hydrazine groups is 1. The van der Waals surface area contributed by atoms with E-state index in [4.69, 9.17) is 5.84 Å². The van der Waals surface area contributed by atoms with Crippen LogP contribution in [-0.2, 0) is 0 Å². The molecule has 0 aliphatic heterocycles. The van der Waals surface area contributed by atoms with Gasteiger partial charge in [-0.15, -0.1) is 0 Å². The zero-order valence-corrected chi connectivity index (χ0v) is 11.5. The van der Waals surface area contributed by atoms with Crippen LogP contribution in [0.3, 0.4) is 0 Å². The molecule has 1 aliphatic rings. The van der Waals surface area contributed by atoms with Crippen LogP contribution in [0.15, 0.2) is 18.2 Å². The molecule has 18 heavy (non-hydrogen) atoms. The van der Waals surface area contributed by atoms with E-state index in [0.717, 1.165) is 17.3 Å². The Bertz CT molecular complexity index is 378. The molecule has 1 aromatic heterocycles. The lowest BCUT2D eigenvalue weighted by molar-refractivity contribution is 0.173. The predicted molar refractivity (Wildman–Crippen MR) is 74.8 cm³/mol. The minimum Gasteiger partial charge on any atom is -0.271 e. The van der Waals surface area contributed by atoms with Crippen LogP contribution in [0.1, 0.15) is 56.5 Å². The van der Waals surface area contributed by atoms with Gasteiger partial charge >= 0.3 is 0 Å². The van der Waals surface area contributed by atoms with E-state index in [0.29, 0.717) is 5.92 Å².